The maximum atomic E-state index is 13.6. The van der Waals surface area contributed by atoms with E-state index in [9.17, 15) is 9.18 Å². The van der Waals surface area contributed by atoms with E-state index >= 15 is 0 Å². The SMILES string of the molecule is CSc1ccccc1C(=O)Nc1cc(C)ccc1F. The molecular formula is C15H14FNOS. The average molecular weight is 275 g/mol. The molecule has 98 valence electrons. The molecular weight excluding hydrogens is 261 g/mol. The first-order valence-electron chi connectivity index (χ1n) is 5.82. The second-order valence-electron chi connectivity index (χ2n) is 4.14. The highest BCUT2D eigenvalue weighted by Gasteiger charge is 2.12. The third-order valence-corrected chi connectivity index (χ3v) is 3.52. The van der Waals surface area contributed by atoms with Crippen LogP contribution in [0.1, 0.15) is 15.9 Å². The van der Waals surface area contributed by atoms with Gasteiger partial charge in [-0.05, 0) is 43.0 Å². The molecule has 0 aromatic heterocycles. The van der Waals surface area contributed by atoms with Crippen molar-refractivity contribution in [3.63, 3.8) is 0 Å². The van der Waals surface area contributed by atoms with E-state index in [0.29, 0.717) is 5.56 Å². The Morgan fingerprint density at radius 1 is 1.21 bits per heavy atom. The summed E-state index contributed by atoms with van der Waals surface area (Å²) in [5, 5.41) is 2.61. The molecule has 0 unspecified atom stereocenters. The van der Waals surface area contributed by atoms with Gasteiger partial charge in [0, 0.05) is 4.90 Å². The first-order chi connectivity index (χ1) is 9.11. The van der Waals surface area contributed by atoms with Gasteiger partial charge in [-0.25, -0.2) is 4.39 Å². The normalized spacial score (nSPS) is 10.3. The molecule has 0 spiro atoms. The second-order valence-corrected chi connectivity index (χ2v) is 4.99. The van der Waals surface area contributed by atoms with Crippen molar-refractivity contribution < 1.29 is 9.18 Å². The molecule has 2 aromatic carbocycles. The van der Waals surface area contributed by atoms with Crippen molar-refractivity contribution in [1.29, 1.82) is 0 Å². The highest BCUT2D eigenvalue weighted by molar-refractivity contribution is 7.98. The first kappa shape index (κ1) is 13.6. The number of rotatable bonds is 3. The van der Waals surface area contributed by atoms with Gasteiger partial charge in [-0.1, -0.05) is 18.2 Å². The molecule has 0 bridgehead atoms. The first-order valence-corrected chi connectivity index (χ1v) is 7.05. The smallest absolute Gasteiger partial charge is 0.256 e. The van der Waals surface area contributed by atoms with Crippen LogP contribution in [0.25, 0.3) is 0 Å². The third-order valence-electron chi connectivity index (χ3n) is 2.72. The molecule has 1 amide bonds. The van der Waals surface area contributed by atoms with Crippen LogP contribution in [0.3, 0.4) is 0 Å². The van der Waals surface area contributed by atoms with Gasteiger partial charge >= 0.3 is 0 Å². The van der Waals surface area contributed by atoms with Gasteiger partial charge in [0.25, 0.3) is 5.91 Å². The van der Waals surface area contributed by atoms with Crippen LogP contribution in [0.4, 0.5) is 10.1 Å². The van der Waals surface area contributed by atoms with Crippen molar-refractivity contribution in [3.8, 4) is 0 Å². The molecule has 0 saturated carbocycles. The summed E-state index contributed by atoms with van der Waals surface area (Å²) in [6.07, 6.45) is 1.90. The van der Waals surface area contributed by atoms with Gasteiger partial charge < -0.3 is 5.32 Å². The molecule has 0 heterocycles. The summed E-state index contributed by atoms with van der Waals surface area (Å²) in [4.78, 5) is 13.0. The molecule has 0 aliphatic heterocycles. The van der Waals surface area contributed by atoms with Crippen molar-refractivity contribution in [2.75, 3.05) is 11.6 Å². The lowest BCUT2D eigenvalue weighted by Gasteiger charge is -2.09. The zero-order valence-corrected chi connectivity index (χ0v) is 11.6. The predicted molar refractivity (Wildman–Crippen MR) is 77.3 cm³/mol. The number of carbonyl (C=O) groups is 1. The molecule has 2 nitrogen and oxygen atoms in total. The molecule has 0 fully saturated rings. The lowest BCUT2D eigenvalue weighted by Crippen LogP contribution is -2.14. The standard InChI is InChI=1S/C15H14FNOS/c1-10-7-8-12(16)13(9-10)17-15(18)11-5-3-4-6-14(11)19-2/h3-9H,1-2H3,(H,17,18). The Morgan fingerprint density at radius 2 is 1.95 bits per heavy atom. The minimum Gasteiger partial charge on any atom is -0.319 e. The van der Waals surface area contributed by atoms with E-state index in [0.717, 1.165) is 10.5 Å². The van der Waals surface area contributed by atoms with Crippen LogP contribution in [0.2, 0.25) is 0 Å². The largest absolute Gasteiger partial charge is 0.319 e. The van der Waals surface area contributed by atoms with E-state index in [4.69, 9.17) is 0 Å². The lowest BCUT2D eigenvalue weighted by atomic mass is 10.2. The number of benzene rings is 2. The molecule has 19 heavy (non-hydrogen) atoms. The molecule has 0 aliphatic carbocycles. The predicted octanol–water partition coefficient (Wildman–Crippen LogP) is 4.11. The van der Waals surface area contributed by atoms with Gasteiger partial charge in [0.15, 0.2) is 0 Å². The van der Waals surface area contributed by atoms with E-state index in [2.05, 4.69) is 5.32 Å². The topological polar surface area (TPSA) is 29.1 Å². The second kappa shape index (κ2) is 5.89. The molecule has 0 radical (unpaired) electrons. The Bertz CT molecular complexity index is 613. The molecule has 2 rings (SSSR count). The number of hydrogen-bond acceptors (Lipinski definition) is 2. The van der Waals surface area contributed by atoms with Crippen LogP contribution >= 0.6 is 11.8 Å². The summed E-state index contributed by atoms with van der Waals surface area (Å²) >= 11 is 1.49. The van der Waals surface area contributed by atoms with E-state index in [-0.39, 0.29) is 11.6 Å². The third kappa shape index (κ3) is 3.15. The average Bonchev–Trinajstić information content (AvgIpc) is 2.42. The number of aryl methyl sites for hydroxylation is 1. The van der Waals surface area contributed by atoms with E-state index in [1.807, 2.05) is 25.3 Å². The van der Waals surface area contributed by atoms with Crippen LogP contribution < -0.4 is 5.32 Å². The monoisotopic (exact) mass is 275 g/mol. The van der Waals surface area contributed by atoms with Crippen molar-refractivity contribution in [2.45, 2.75) is 11.8 Å². The molecule has 0 aliphatic rings. The number of halogens is 1. The van der Waals surface area contributed by atoms with Crippen LogP contribution in [0.5, 0.6) is 0 Å². The van der Waals surface area contributed by atoms with Gasteiger partial charge in [0.2, 0.25) is 0 Å². The van der Waals surface area contributed by atoms with E-state index in [1.54, 1.807) is 24.3 Å². The Kier molecular flexibility index (Phi) is 4.22. The summed E-state index contributed by atoms with van der Waals surface area (Å²) in [5.41, 5.74) is 1.66. The van der Waals surface area contributed by atoms with E-state index < -0.39 is 5.82 Å². The van der Waals surface area contributed by atoms with Crippen LogP contribution in [-0.4, -0.2) is 12.2 Å². The number of thioether (sulfide) groups is 1. The van der Waals surface area contributed by atoms with Crippen molar-refractivity contribution >= 4 is 23.4 Å². The minimum atomic E-state index is -0.430. The molecule has 2 aromatic rings. The lowest BCUT2D eigenvalue weighted by molar-refractivity contribution is 0.102. The minimum absolute atomic E-state index is 0.209. The molecule has 0 saturated heterocycles. The number of anilines is 1. The fourth-order valence-electron chi connectivity index (χ4n) is 1.76. The highest BCUT2D eigenvalue weighted by Crippen LogP contribution is 2.22. The number of hydrogen-bond donors (Lipinski definition) is 1. The Morgan fingerprint density at radius 3 is 2.68 bits per heavy atom. The van der Waals surface area contributed by atoms with Gasteiger partial charge in [-0.2, -0.15) is 0 Å². The van der Waals surface area contributed by atoms with Crippen molar-refractivity contribution in [3.05, 3.63) is 59.4 Å². The fraction of sp³-hybridized carbons (Fsp3) is 0.133. The zero-order valence-electron chi connectivity index (χ0n) is 10.7. The van der Waals surface area contributed by atoms with Crippen LogP contribution in [0.15, 0.2) is 47.4 Å². The summed E-state index contributed by atoms with van der Waals surface area (Å²) in [6, 6.07) is 11.9. The molecule has 1 N–H and O–H groups in total. The zero-order chi connectivity index (χ0) is 13.8. The van der Waals surface area contributed by atoms with E-state index in [1.165, 1.54) is 17.8 Å². The Labute approximate surface area is 116 Å². The van der Waals surface area contributed by atoms with Crippen LogP contribution in [0, 0.1) is 12.7 Å². The van der Waals surface area contributed by atoms with Crippen molar-refractivity contribution in [1.82, 2.24) is 0 Å². The highest BCUT2D eigenvalue weighted by atomic mass is 32.2. The fourth-order valence-corrected chi connectivity index (χ4v) is 2.35. The van der Waals surface area contributed by atoms with Gasteiger partial charge in [0.1, 0.15) is 5.82 Å². The summed E-state index contributed by atoms with van der Waals surface area (Å²) < 4.78 is 13.6. The maximum absolute atomic E-state index is 13.6. The quantitative estimate of drug-likeness (QED) is 0.854. The summed E-state index contributed by atoms with van der Waals surface area (Å²) in [6.45, 7) is 1.85. The van der Waals surface area contributed by atoms with Gasteiger partial charge in [-0.15, -0.1) is 11.8 Å². The van der Waals surface area contributed by atoms with Gasteiger partial charge in [-0.3, -0.25) is 4.79 Å². The summed E-state index contributed by atoms with van der Waals surface area (Å²) in [5.74, 6) is -0.727. The number of amides is 1. The van der Waals surface area contributed by atoms with Crippen LogP contribution in [-0.2, 0) is 0 Å². The number of carbonyl (C=O) groups excluding carboxylic acids is 1. The maximum Gasteiger partial charge on any atom is 0.256 e. The number of nitrogens with one attached hydrogen (secondary N) is 1. The Balaban J connectivity index is 2.28. The molecule has 0 atom stereocenters. The van der Waals surface area contributed by atoms with Crippen molar-refractivity contribution in [2.24, 2.45) is 0 Å². The Hall–Kier alpha value is -1.81. The van der Waals surface area contributed by atoms with Gasteiger partial charge in [0.05, 0.1) is 11.3 Å². The summed E-state index contributed by atoms with van der Waals surface area (Å²) in [7, 11) is 0. The molecule has 4 heteroatoms.